The third-order valence-electron chi connectivity index (χ3n) is 1.64. The fourth-order valence-electron chi connectivity index (χ4n) is 1.08. The Morgan fingerprint density at radius 3 is 2.50 bits per heavy atom. The van der Waals surface area contributed by atoms with Crippen LogP contribution in [0, 0.1) is 6.61 Å². The van der Waals surface area contributed by atoms with Crippen LogP contribution in [0.4, 0.5) is 13.2 Å². The Kier molecular flexibility index (Phi) is 4.00. The first-order chi connectivity index (χ1) is 7.46. The zero-order valence-electron chi connectivity index (χ0n) is 8.41. The first-order valence-corrected chi connectivity index (χ1v) is 4.46. The number of rotatable bonds is 4. The molecule has 1 N–H and O–H groups in total. The molecule has 1 rings (SSSR count). The number of ether oxygens (including phenoxy) is 2. The van der Waals surface area contributed by atoms with Crippen molar-refractivity contribution in [2.24, 2.45) is 0 Å². The van der Waals surface area contributed by atoms with Crippen molar-refractivity contribution in [3.8, 4) is 11.5 Å². The van der Waals surface area contributed by atoms with Gasteiger partial charge in [-0.25, -0.2) is 0 Å². The van der Waals surface area contributed by atoms with Crippen LogP contribution in [0.5, 0.6) is 11.5 Å². The predicted molar refractivity (Wildman–Crippen MR) is 49.6 cm³/mol. The van der Waals surface area contributed by atoms with Gasteiger partial charge in [-0.3, -0.25) is 0 Å². The van der Waals surface area contributed by atoms with Crippen LogP contribution >= 0.6 is 0 Å². The highest BCUT2D eigenvalue weighted by Crippen LogP contribution is 2.33. The van der Waals surface area contributed by atoms with E-state index in [1.165, 1.54) is 12.1 Å². The van der Waals surface area contributed by atoms with Gasteiger partial charge in [-0.15, -0.1) is 13.2 Å². The lowest BCUT2D eigenvalue weighted by Crippen LogP contribution is -2.17. The van der Waals surface area contributed by atoms with E-state index in [4.69, 9.17) is 9.84 Å². The Hall–Kier alpha value is -1.43. The highest BCUT2D eigenvalue weighted by Gasteiger charge is 2.32. The van der Waals surface area contributed by atoms with Gasteiger partial charge in [0.15, 0.2) is 11.5 Å². The molecule has 0 saturated heterocycles. The SMILES string of the molecule is CCOc1cc([CH]O)ccc1OC(F)(F)F. The fourth-order valence-corrected chi connectivity index (χ4v) is 1.08. The number of hydrogen-bond acceptors (Lipinski definition) is 3. The third-order valence-corrected chi connectivity index (χ3v) is 1.64. The zero-order valence-corrected chi connectivity index (χ0v) is 8.41. The summed E-state index contributed by atoms with van der Waals surface area (Å²) >= 11 is 0. The highest BCUT2D eigenvalue weighted by molar-refractivity contribution is 5.44. The second kappa shape index (κ2) is 5.07. The number of aliphatic hydroxyl groups excluding tert-OH is 1. The van der Waals surface area contributed by atoms with Gasteiger partial charge in [-0.05, 0) is 24.6 Å². The summed E-state index contributed by atoms with van der Waals surface area (Å²) in [6, 6.07) is 3.62. The molecule has 0 spiro atoms. The molecule has 1 radical (unpaired) electrons. The van der Waals surface area contributed by atoms with E-state index in [9.17, 15) is 13.2 Å². The summed E-state index contributed by atoms with van der Waals surface area (Å²) in [7, 11) is 0. The van der Waals surface area contributed by atoms with Crippen molar-refractivity contribution in [3.63, 3.8) is 0 Å². The van der Waals surface area contributed by atoms with Crippen LogP contribution in [-0.4, -0.2) is 18.1 Å². The van der Waals surface area contributed by atoms with E-state index < -0.39 is 12.1 Å². The summed E-state index contributed by atoms with van der Waals surface area (Å²) in [6.07, 6.45) is -4.77. The van der Waals surface area contributed by atoms with Crippen molar-refractivity contribution in [1.29, 1.82) is 0 Å². The summed E-state index contributed by atoms with van der Waals surface area (Å²) in [6.45, 7) is 2.59. The maximum Gasteiger partial charge on any atom is 0.573 e. The van der Waals surface area contributed by atoms with Gasteiger partial charge in [0, 0.05) is 0 Å². The molecule has 6 heteroatoms. The number of hydrogen-bond donors (Lipinski definition) is 1. The lowest BCUT2D eigenvalue weighted by Gasteiger charge is -2.13. The summed E-state index contributed by atoms with van der Waals surface area (Å²) in [5, 5.41) is 8.71. The topological polar surface area (TPSA) is 38.7 Å². The summed E-state index contributed by atoms with van der Waals surface area (Å²) in [5.74, 6) is -0.498. The standard InChI is InChI=1S/C10H10F3O3/c1-2-15-9-5-7(6-14)3-4-8(9)16-10(11,12)13/h3-6,14H,2H2,1H3. The molecule has 0 fully saturated rings. The van der Waals surface area contributed by atoms with Crippen molar-refractivity contribution < 1.29 is 27.8 Å². The van der Waals surface area contributed by atoms with E-state index >= 15 is 0 Å². The molecule has 0 aromatic heterocycles. The molecule has 0 atom stereocenters. The van der Waals surface area contributed by atoms with Crippen molar-refractivity contribution in [2.45, 2.75) is 13.3 Å². The number of aliphatic hydroxyl groups is 1. The Balaban J connectivity index is 2.98. The Labute approximate surface area is 90.4 Å². The quantitative estimate of drug-likeness (QED) is 0.872. The molecule has 0 amide bonds. The lowest BCUT2D eigenvalue weighted by atomic mass is 10.2. The second-order valence-electron chi connectivity index (χ2n) is 2.82. The van der Waals surface area contributed by atoms with Crippen LogP contribution in [0.15, 0.2) is 18.2 Å². The van der Waals surface area contributed by atoms with Gasteiger partial charge in [0.05, 0.1) is 6.61 Å². The Morgan fingerprint density at radius 1 is 1.31 bits per heavy atom. The molecule has 0 aliphatic heterocycles. The van der Waals surface area contributed by atoms with Crippen molar-refractivity contribution in [2.75, 3.05) is 6.61 Å². The lowest BCUT2D eigenvalue weighted by molar-refractivity contribution is -0.275. The molecule has 0 unspecified atom stereocenters. The number of benzene rings is 1. The minimum Gasteiger partial charge on any atom is -0.490 e. The molecule has 0 heterocycles. The molecule has 1 aromatic rings. The summed E-state index contributed by atoms with van der Waals surface area (Å²) in [4.78, 5) is 0. The molecule has 89 valence electrons. The zero-order chi connectivity index (χ0) is 12.2. The molecule has 1 aromatic carbocycles. The van der Waals surface area contributed by atoms with Crippen LogP contribution in [0.1, 0.15) is 12.5 Å². The van der Waals surface area contributed by atoms with Crippen molar-refractivity contribution in [3.05, 3.63) is 30.4 Å². The minimum atomic E-state index is -4.77. The van der Waals surface area contributed by atoms with Crippen LogP contribution in [0.3, 0.4) is 0 Å². The van der Waals surface area contributed by atoms with Gasteiger partial charge in [0.2, 0.25) is 0 Å². The largest absolute Gasteiger partial charge is 0.573 e. The van der Waals surface area contributed by atoms with Gasteiger partial charge in [0.25, 0.3) is 0 Å². The minimum absolute atomic E-state index is 0.0670. The second-order valence-corrected chi connectivity index (χ2v) is 2.82. The van der Waals surface area contributed by atoms with Crippen LogP contribution in [-0.2, 0) is 0 Å². The van der Waals surface area contributed by atoms with E-state index in [1.54, 1.807) is 6.92 Å². The molecule has 0 bridgehead atoms. The third kappa shape index (κ3) is 3.62. The average Bonchev–Trinajstić information content (AvgIpc) is 2.19. The van der Waals surface area contributed by atoms with Crippen molar-refractivity contribution >= 4 is 0 Å². The smallest absolute Gasteiger partial charge is 0.490 e. The molecular formula is C10H10F3O3. The number of alkyl halides is 3. The molecule has 0 aliphatic rings. The molecule has 16 heavy (non-hydrogen) atoms. The van der Waals surface area contributed by atoms with Crippen LogP contribution in [0.2, 0.25) is 0 Å². The molecule has 0 saturated carbocycles. The van der Waals surface area contributed by atoms with Gasteiger partial charge >= 0.3 is 6.36 Å². The van der Waals surface area contributed by atoms with E-state index in [-0.39, 0.29) is 12.4 Å². The first-order valence-electron chi connectivity index (χ1n) is 4.46. The molecule has 3 nitrogen and oxygen atoms in total. The van der Waals surface area contributed by atoms with Gasteiger partial charge in [0.1, 0.15) is 6.61 Å². The molecule has 0 aliphatic carbocycles. The highest BCUT2D eigenvalue weighted by atomic mass is 19.4. The van der Waals surface area contributed by atoms with Gasteiger partial charge in [-0.1, -0.05) is 6.07 Å². The van der Waals surface area contributed by atoms with E-state index in [2.05, 4.69) is 4.74 Å². The van der Waals surface area contributed by atoms with Gasteiger partial charge in [-0.2, -0.15) is 0 Å². The maximum atomic E-state index is 12.0. The van der Waals surface area contributed by atoms with Gasteiger partial charge < -0.3 is 14.6 Å². The van der Waals surface area contributed by atoms with Crippen molar-refractivity contribution in [1.82, 2.24) is 0 Å². The summed E-state index contributed by atoms with van der Waals surface area (Å²) < 4.78 is 44.8. The van der Waals surface area contributed by atoms with E-state index in [0.717, 1.165) is 12.7 Å². The fraction of sp³-hybridized carbons (Fsp3) is 0.300. The maximum absolute atomic E-state index is 12.0. The average molecular weight is 235 g/mol. The monoisotopic (exact) mass is 235 g/mol. The van der Waals surface area contributed by atoms with E-state index in [0.29, 0.717) is 5.56 Å². The normalized spacial score (nSPS) is 11.3. The predicted octanol–water partition coefficient (Wildman–Crippen LogP) is 2.87. The van der Waals surface area contributed by atoms with Crippen LogP contribution < -0.4 is 9.47 Å². The first kappa shape index (κ1) is 12.6. The number of halogens is 3. The van der Waals surface area contributed by atoms with E-state index in [1.807, 2.05) is 0 Å². The van der Waals surface area contributed by atoms with Crippen LogP contribution in [0.25, 0.3) is 0 Å². The Bertz CT molecular complexity index is 350. The molecular weight excluding hydrogens is 225 g/mol. The summed E-state index contributed by atoms with van der Waals surface area (Å²) in [5.41, 5.74) is 0.331. The Morgan fingerprint density at radius 2 is 2.00 bits per heavy atom.